The number of aliphatic hydroxyl groups is 1. The molecule has 4 aliphatic rings. The van der Waals surface area contributed by atoms with Gasteiger partial charge in [0.25, 0.3) is 0 Å². The Bertz CT molecular complexity index is 1320. The fourth-order valence-corrected chi connectivity index (χ4v) is 10.2. The highest BCUT2D eigenvalue weighted by atomic mass is 32.2. The van der Waals surface area contributed by atoms with E-state index in [1.54, 1.807) is 16.7 Å². The lowest BCUT2D eigenvalue weighted by Crippen LogP contribution is -2.58. The number of fused-ring (bicyclic) bond motifs is 2. The van der Waals surface area contributed by atoms with Crippen LogP contribution in [0.5, 0.6) is 5.75 Å². The van der Waals surface area contributed by atoms with Crippen molar-refractivity contribution in [3.05, 3.63) is 48.6 Å². The van der Waals surface area contributed by atoms with Crippen LogP contribution in [0.3, 0.4) is 0 Å². The number of carbonyl (C=O) groups is 3. The number of ether oxygens (including phenoxy) is 1. The van der Waals surface area contributed by atoms with Crippen molar-refractivity contribution in [3.63, 3.8) is 0 Å². The van der Waals surface area contributed by atoms with E-state index in [2.05, 4.69) is 52.8 Å². The summed E-state index contributed by atoms with van der Waals surface area (Å²) in [7, 11) is 0. The van der Waals surface area contributed by atoms with Crippen LogP contribution in [0.4, 0.5) is 5.69 Å². The Balaban J connectivity index is 1.52. The first-order chi connectivity index (χ1) is 21.3. The maximum atomic E-state index is 14.8. The molecular weight excluding hydrogens is 586 g/mol. The number of hydrogen-bond donors (Lipinski definition) is 1. The molecular formula is C36H51N3O5S. The molecule has 4 aliphatic heterocycles. The highest BCUT2D eigenvalue weighted by Gasteiger charge is 2.71. The number of likely N-dealkylation sites (tertiary alicyclic amines) is 1. The van der Waals surface area contributed by atoms with E-state index in [0.717, 1.165) is 43.5 Å². The van der Waals surface area contributed by atoms with Gasteiger partial charge in [-0.2, -0.15) is 0 Å². The first-order valence-electron chi connectivity index (χ1n) is 16.6. The smallest absolute Gasteiger partial charge is 0.247 e. The summed E-state index contributed by atoms with van der Waals surface area (Å²) >= 11 is 1.63. The third-order valence-corrected chi connectivity index (χ3v) is 11.4. The molecule has 0 aliphatic carbocycles. The van der Waals surface area contributed by atoms with Crippen molar-refractivity contribution in [1.29, 1.82) is 0 Å². The molecule has 8 nitrogen and oxygen atoms in total. The van der Waals surface area contributed by atoms with E-state index >= 15 is 0 Å². The van der Waals surface area contributed by atoms with Crippen LogP contribution in [0.1, 0.15) is 73.6 Å². The molecule has 1 spiro atoms. The normalized spacial score (nSPS) is 28.2. The van der Waals surface area contributed by atoms with Gasteiger partial charge in [0.05, 0.1) is 23.2 Å². The molecule has 5 rings (SSSR count). The quantitative estimate of drug-likeness (QED) is 0.256. The minimum Gasteiger partial charge on any atom is -0.494 e. The predicted molar refractivity (Wildman–Crippen MR) is 180 cm³/mol. The molecule has 2 saturated heterocycles. The van der Waals surface area contributed by atoms with Crippen LogP contribution in [0, 0.1) is 17.3 Å². The summed E-state index contributed by atoms with van der Waals surface area (Å²) in [4.78, 5) is 49.5. The van der Waals surface area contributed by atoms with E-state index in [9.17, 15) is 19.5 Å². The van der Waals surface area contributed by atoms with E-state index in [0.29, 0.717) is 26.2 Å². The molecule has 0 radical (unpaired) electrons. The number of rotatable bonds is 11. The second-order valence-electron chi connectivity index (χ2n) is 14.7. The van der Waals surface area contributed by atoms with E-state index < -0.39 is 28.2 Å². The number of anilines is 1. The number of unbranched alkanes of at least 4 members (excludes halogenated alkanes) is 3. The summed E-state index contributed by atoms with van der Waals surface area (Å²) in [6, 6.07) is 6.87. The Kier molecular flexibility index (Phi) is 9.81. The standard InChI is InChI=1S/C36H51N3O5S/c1-7-44-26-17-15-25(16-18-26)37-21-12-14-27-28(31(37)41)29-32(42)38(20-10-8-9-11-23-40)30-33(43)39(22-13-19-36(29,30)45-27)35(5,6)24-34(2,3)4/h12-19,27-30,40H,7-11,20-24H2,1-6H3/t27-,28+,29-,30?,36-/m0/s1. The lowest BCUT2D eigenvalue weighted by atomic mass is 9.77. The van der Waals surface area contributed by atoms with Crippen LogP contribution in [0.25, 0.3) is 0 Å². The van der Waals surface area contributed by atoms with Gasteiger partial charge in [-0.1, -0.05) is 57.9 Å². The van der Waals surface area contributed by atoms with Gasteiger partial charge in [-0.05, 0) is 69.7 Å². The number of benzene rings is 1. The largest absolute Gasteiger partial charge is 0.494 e. The van der Waals surface area contributed by atoms with E-state index in [4.69, 9.17) is 4.74 Å². The van der Waals surface area contributed by atoms with Gasteiger partial charge < -0.3 is 24.5 Å². The van der Waals surface area contributed by atoms with Crippen LogP contribution in [-0.2, 0) is 14.4 Å². The molecule has 246 valence electrons. The number of hydrogen-bond acceptors (Lipinski definition) is 6. The molecule has 5 atom stereocenters. The highest BCUT2D eigenvalue weighted by molar-refractivity contribution is 8.02. The Labute approximate surface area is 273 Å². The zero-order valence-corrected chi connectivity index (χ0v) is 28.6. The first kappa shape index (κ1) is 33.6. The monoisotopic (exact) mass is 637 g/mol. The van der Waals surface area contributed by atoms with Crippen LogP contribution < -0.4 is 9.64 Å². The molecule has 0 aromatic heterocycles. The SMILES string of the molecule is CCOc1ccc(N2CC=C[C@@H]3S[C@]45C=CCN(C(C)(C)CC(C)(C)C)C(=O)C4N(CCCCCCO)C(=O)[C@@H]5[C@@H]3C2=O)cc1. The van der Waals surface area contributed by atoms with Crippen molar-refractivity contribution in [1.82, 2.24) is 9.80 Å². The fraction of sp³-hybridized carbons (Fsp3) is 0.639. The van der Waals surface area contributed by atoms with Crippen molar-refractivity contribution >= 4 is 35.2 Å². The number of amides is 3. The van der Waals surface area contributed by atoms with Crippen LogP contribution in [-0.4, -0.2) is 87.1 Å². The number of aliphatic hydroxyl groups excluding tert-OH is 1. The maximum Gasteiger partial charge on any atom is 0.247 e. The van der Waals surface area contributed by atoms with E-state index in [1.165, 1.54) is 0 Å². The van der Waals surface area contributed by atoms with Crippen molar-refractivity contribution in [2.75, 3.05) is 37.7 Å². The van der Waals surface area contributed by atoms with Crippen molar-refractivity contribution < 1.29 is 24.2 Å². The fourth-order valence-electron chi connectivity index (χ4n) is 8.18. The van der Waals surface area contributed by atoms with Gasteiger partial charge >= 0.3 is 0 Å². The summed E-state index contributed by atoms with van der Waals surface area (Å²) in [5.74, 6) is -0.662. The third-order valence-electron chi connectivity index (χ3n) is 9.62. The minimum absolute atomic E-state index is 0.00868. The minimum atomic E-state index is -0.830. The van der Waals surface area contributed by atoms with Gasteiger partial charge in [-0.3, -0.25) is 14.4 Å². The molecule has 45 heavy (non-hydrogen) atoms. The molecule has 9 heteroatoms. The number of thioether (sulfide) groups is 1. The Hall–Kier alpha value is -2.78. The lowest BCUT2D eigenvalue weighted by Gasteiger charge is -2.44. The molecule has 0 saturated carbocycles. The van der Waals surface area contributed by atoms with Gasteiger partial charge in [0.15, 0.2) is 0 Å². The van der Waals surface area contributed by atoms with Crippen LogP contribution >= 0.6 is 11.8 Å². The van der Waals surface area contributed by atoms with E-state index in [-0.39, 0.29) is 35.0 Å². The van der Waals surface area contributed by atoms with Crippen molar-refractivity contribution in [3.8, 4) is 5.75 Å². The molecule has 1 aromatic carbocycles. The second kappa shape index (κ2) is 13.1. The Morgan fingerprint density at radius 3 is 2.31 bits per heavy atom. The number of carbonyl (C=O) groups excluding carboxylic acids is 3. The van der Waals surface area contributed by atoms with Gasteiger partial charge in [-0.15, -0.1) is 11.8 Å². The Morgan fingerprint density at radius 2 is 1.64 bits per heavy atom. The summed E-state index contributed by atoms with van der Waals surface area (Å²) in [5.41, 5.74) is 0.353. The van der Waals surface area contributed by atoms with Gasteiger partial charge in [0.2, 0.25) is 17.7 Å². The van der Waals surface area contributed by atoms with Crippen LogP contribution in [0.2, 0.25) is 0 Å². The van der Waals surface area contributed by atoms with Gasteiger partial charge in [0, 0.05) is 42.7 Å². The summed E-state index contributed by atoms with van der Waals surface area (Å²) in [6.45, 7) is 14.8. The van der Waals surface area contributed by atoms with Gasteiger partial charge in [0.1, 0.15) is 11.8 Å². The molecule has 3 amide bonds. The summed E-state index contributed by atoms with van der Waals surface area (Å²) in [5, 5.41) is 9.05. The van der Waals surface area contributed by atoms with Gasteiger partial charge in [-0.25, -0.2) is 0 Å². The highest BCUT2D eigenvalue weighted by Crippen LogP contribution is 2.61. The van der Waals surface area contributed by atoms with Crippen molar-refractivity contribution in [2.45, 2.75) is 95.2 Å². The third kappa shape index (κ3) is 6.44. The summed E-state index contributed by atoms with van der Waals surface area (Å²) < 4.78 is 4.79. The molecule has 0 bridgehead atoms. The summed E-state index contributed by atoms with van der Waals surface area (Å²) in [6.07, 6.45) is 12.3. The number of nitrogens with zero attached hydrogens (tertiary/aromatic N) is 3. The molecule has 4 heterocycles. The maximum absolute atomic E-state index is 14.8. The second-order valence-corrected chi connectivity index (χ2v) is 16.2. The molecule has 1 unspecified atom stereocenters. The Morgan fingerprint density at radius 1 is 0.933 bits per heavy atom. The van der Waals surface area contributed by atoms with E-state index in [1.807, 2.05) is 47.1 Å². The molecule has 1 N–H and O–H groups in total. The predicted octanol–water partition coefficient (Wildman–Crippen LogP) is 5.45. The molecule has 2 fully saturated rings. The van der Waals surface area contributed by atoms with Crippen molar-refractivity contribution in [2.24, 2.45) is 17.3 Å². The zero-order valence-electron chi connectivity index (χ0n) is 27.8. The average molecular weight is 638 g/mol. The zero-order chi connectivity index (χ0) is 32.6. The average Bonchev–Trinajstić information content (AvgIpc) is 3.26. The first-order valence-corrected chi connectivity index (χ1v) is 17.5. The molecule has 1 aromatic rings. The lowest BCUT2D eigenvalue weighted by molar-refractivity contribution is -0.146. The van der Waals surface area contributed by atoms with Crippen LogP contribution in [0.15, 0.2) is 48.6 Å². The topological polar surface area (TPSA) is 90.4 Å².